The predicted molar refractivity (Wildman–Crippen MR) is 220 cm³/mol. The molecule has 5 heterocycles. The van der Waals surface area contributed by atoms with Gasteiger partial charge in [-0.3, -0.25) is 38.8 Å². The molecule has 2 aliphatic heterocycles. The summed E-state index contributed by atoms with van der Waals surface area (Å²) in [5, 5.41) is 20.8. The molecule has 57 heavy (non-hydrogen) atoms. The van der Waals surface area contributed by atoms with Gasteiger partial charge in [-0.1, -0.05) is 36.1 Å². The first-order chi connectivity index (χ1) is 27.4. The number of aromatic nitrogens is 4. The van der Waals surface area contributed by atoms with Crippen molar-refractivity contribution in [3.8, 4) is 34.2 Å². The fourth-order valence-corrected chi connectivity index (χ4v) is 7.59. The Balaban J connectivity index is 0.966. The van der Waals surface area contributed by atoms with Gasteiger partial charge in [-0.15, -0.1) is 0 Å². The number of benzene rings is 3. The first kappa shape index (κ1) is 37.2. The number of aryl methyl sites for hydroxylation is 2. The highest BCUT2D eigenvalue weighted by molar-refractivity contribution is 6.03. The van der Waals surface area contributed by atoms with Crippen molar-refractivity contribution >= 4 is 50.9 Å². The van der Waals surface area contributed by atoms with E-state index in [9.17, 15) is 24.3 Å². The minimum Gasteiger partial charge on any atom is -0.390 e. The maximum atomic E-state index is 13.1. The van der Waals surface area contributed by atoms with E-state index in [1.165, 1.54) is 0 Å². The van der Waals surface area contributed by atoms with Crippen molar-refractivity contribution in [2.45, 2.75) is 44.2 Å². The van der Waals surface area contributed by atoms with E-state index < -0.39 is 11.6 Å². The van der Waals surface area contributed by atoms with Gasteiger partial charge >= 0.3 is 5.69 Å². The molecule has 288 valence electrons. The molecule has 1 atom stereocenters. The predicted octanol–water partition coefficient (Wildman–Crippen LogP) is 4.50. The summed E-state index contributed by atoms with van der Waals surface area (Å²) in [7, 11) is 3.60. The molecule has 3 amide bonds. The van der Waals surface area contributed by atoms with E-state index in [1.807, 2.05) is 61.7 Å². The van der Waals surface area contributed by atoms with Crippen molar-refractivity contribution in [3.05, 3.63) is 107 Å². The molecule has 3 aromatic heterocycles. The van der Waals surface area contributed by atoms with Crippen LogP contribution in [0.25, 0.3) is 44.2 Å². The molecule has 0 saturated carbocycles. The van der Waals surface area contributed by atoms with Gasteiger partial charge in [-0.2, -0.15) is 0 Å². The number of imide groups is 1. The van der Waals surface area contributed by atoms with Gasteiger partial charge in [0.15, 0.2) is 0 Å². The SMILES string of the molecule is Cn1c(=O)n(C)c2c(N3CCC(C)(O)CC3)cc(-c3cccc4cc(-c5ccc(C(=O)NCC#Cc6cccc(NC7CCC(=O)NC7=O)c6)nc5)ncc34)cc21. The van der Waals surface area contributed by atoms with Gasteiger partial charge in [0, 0.05) is 68.2 Å². The summed E-state index contributed by atoms with van der Waals surface area (Å²) >= 11 is 0. The van der Waals surface area contributed by atoms with E-state index in [4.69, 9.17) is 4.98 Å². The molecule has 4 N–H and O–H groups in total. The van der Waals surface area contributed by atoms with Crippen LogP contribution in [0.5, 0.6) is 0 Å². The quantitative estimate of drug-likeness (QED) is 0.136. The number of amides is 3. The number of aliphatic hydroxyl groups is 1. The lowest BCUT2D eigenvalue weighted by atomic mass is 9.92. The van der Waals surface area contributed by atoms with E-state index in [2.05, 4.69) is 55.9 Å². The molecule has 0 aliphatic carbocycles. The molecular weight excluding hydrogens is 721 g/mol. The second-order valence-corrected chi connectivity index (χ2v) is 15.0. The molecule has 0 radical (unpaired) electrons. The highest BCUT2D eigenvalue weighted by Crippen LogP contribution is 2.38. The molecule has 3 aromatic carbocycles. The van der Waals surface area contributed by atoms with Crippen LogP contribution in [-0.4, -0.2) is 73.2 Å². The number of rotatable bonds is 7. The average Bonchev–Trinajstić information content (AvgIpc) is 3.43. The number of piperidine rings is 2. The van der Waals surface area contributed by atoms with Crippen LogP contribution >= 0.6 is 0 Å². The Morgan fingerprint density at radius 1 is 0.947 bits per heavy atom. The maximum Gasteiger partial charge on any atom is 0.328 e. The molecule has 13 heteroatoms. The van der Waals surface area contributed by atoms with Crippen molar-refractivity contribution in [3.63, 3.8) is 0 Å². The highest BCUT2D eigenvalue weighted by Gasteiger charge is 2.30. The Morgan fingerprint density at radius 3 is 2.53 bits per heavy atom. The fraction of sp³-hybridized carbons (Fsp3) is 0.273. The number of anilines is 2. The third-order valence-corrected chi connectivity index (χ3v) is 10.9. The van der Waals surface area contributed by atoms with Crippen LogP contribution in [0, 0.1) is 11.8 Å². The normalized spacial score (nSPS) is 16.6. The number of carbonyl (C=O) groups excluding carboxylic acids is 3. The van der Waals surface area contributed by atoms with Gasteiger partial charge in [-0.05, 0) is 91.2 Å². The first-order valence-electron chi connectivity index (χ1n) is 18.9. The molecule has 2 fully saturated rings. The molecule has 2 aliphatic rings. The van der Waals surface area contributed by atoms with E-state index >= 15 is 0 Å². The molecule has 13 nitrogen and oxygen atoms in total. The Kier molecular flexibility index (Phi) is 9.81. The maximum absolute atomic E-state index is 13.1. The van der Waals surface area contributed by atoms with Crippen LogP contribution in [0.1, 0.15) is 48.7 Å². The highest BCUT2D eigenvalue weighted by atomic mass is 16.3. The van der Waals surface area contributed by atoms with E-state index in [0.717, 1.165) is 44.2 Å². The van der Waals surface area contributed by atoms with Crippen LogP contribution in [0.4, 0.5) is 11.4 Å². The van der Waals surface area contributed by atoms with E-state index in [1.54, 1.807) is 35.5 Å². The van der Waals surface area contributed by atoms with Crippen LogP contribution in [0.2, 0.25) is 0 Å². The zero-order chi connectivity index (χ0) is 39.8. The summed E-state index contributed by atoms with van der Waals surface area (Å²) in [5.74, 6) is 5.02. The second kappa shape index (κ2) is 15.0. The number of hydrogen-bond acceptors (Lipinski definition) is 9. The van der Waals surface area contributed by atoms with Crippen molar-refractivity contribution in [2.75, 3.05) is 29.9 Å². The standard InChI is InChI=1S/C44H42N8O5/c1-44(57)16-19-52(20-17-44)38-24-30(23-37-40(38)51(3)43(56)50(37)2)32-11-5-9-28-22-36(47-26-33(28)32)29-12-13-34(46-25-29)41(54)45-18-6-8-27-7-4-10-31(21-27)48-35-14-15-39(53)49-42(35)55/h4-5,7,9-13,21-26,35,48,57H,14-20H2,1-3H3,(H,45,54)(H,49,53,55). The monoisotopic (exact) mass is 762 g/mol. The number of nitrogens with zero attached hydrogens (tertiary/aromatic N) is 5. The van der Waals surface area contributed by atoms with Gasteiger partial charge in [-0.25, -0.2) is 4.79 Å². The molecule has 0 bridgehead atoms. The Labute approximate surface area is 328 Å². The summed E-state index contributed by atoms with van der Waals surface area (Å²) in [6.45, 7) is 3.35. The van der Waals surface area contributed by atoms with E-state index in [-0.39, 0.29) is 42.1 Å². The van der Waals surface area contributed by atoms with Gasteiger partial charge in [0.1, 0.15) is 11.7 Å². The van der Waals surface area contributed by atoms with Gasteiger partial charge in [0.25, 0.3) is 5.91 Å². The average molecular weight is 763 g/mol. The number of hydrogen-bond donors (Lipinski definition) is 4. The largest absolute Gasteiger partial charge is 0.390 e. The third-order valence-electron chi connectivity index (χ3n) is 10.9. The first-order valence-corrected chi connectivity index (χ1v) is 18.9. The number of nitrogens with one attached hydrogen (secondary N) is 3. The Hall–Kier alpha value is -6.78. The summed E-state index contributed by atoms with van der Waals surface area (Å²) < 4.78 is 3.38. The van der Waals surface area contributed by atoms with Crippen molar-refractivity contribution in [1.82, 2.24) is 29.7 Å². The van der Waals surface area contributed by atoms with Crippen LogP contribution in [0.3, 0.4) is 0 Å². The van der Waals surface area contributed by atoms with Crippen molar-refractivity contribution in [2.24, 2.45) is 14.1 Å². The number of imidazole rings is 1. The zero-order valence-corrected chi connectivity index (χ0v) is 31.9. The smallest absolute Gasteiger partial charge is 0.328 e. The number of carbonyl (C=O) groups is 3. The third kappa shape index (κ3) is 7.59. The molecular formula is C44H42N8O5. The second-order valence-electron chi connectivity index (χ2n) is 15.0. The van der Waals surface area contributed by atoms with Crippen LogP contribution < -0.4 is 26.5 Å². The topological polar surface area (TPSA) is 163 Å². The summed E-state index contributed by atoms with van der Waals surface area (Å²) in [5.41, 5.74) is 6.96. The number of pyridine rings is 2. The van der Waals surface area contributed by atoms with Crippen molar-refractivity contribution < 1.29 is 19.5 Å². The van der Waals surface area contributed by atoms with Gasteiger partial charge in [0.05, 0.1) is 34.6 Å². The molecule has 0 spiro atoms. The van der Waals surface area contributed by atoms with Crippen molar-refractivity contribution in [1.29, 1.82) is 0 Å². The zero-order valence-electron chi connectivity index (χ0n) is 31.9. The van der Waals surface area contributed by atoms with Crippen LogP contribution in [0.15, 0.2) is 90.0 Å². The molecule has 2 saturated heterocycles. The minimum atomic E-state index is -0.704. The molecule has 1 unspecified atom stereocenters. The molecule has 8 rings (SSSR count). The van der Waals surface area contributed by atoms with Gasteiger partial charge in [0.2, 0.25) is 11.8 Å². The van der Waals surface area contributed by atoms with E-state index in [0.29, 0.717) is 49.3 Å². The molecule has 6 aromatic rings. The van der Waals surface area contributed by atoms with Gasteiger partial charge < -0.3 is 20.6 Å². The summed E-state index contributed by atoms with van der Waals surface area (Å²) in [6, 6.07) is 22.6. The number of fused-ring (bicyclic) bond motifs is 2. The Morgan fingerprint density at radius 2 is 1.75 bits per heavy atom. The summed E-state index contributed by atoms with van der Waals surface area (Å²) in [4.78, 5) is 61.0. The minimum absolute atomic E-state index is 0.0940. The lowest BCUT2D eigenvalue weighted by Crippen LogP contribution is -2.47. The lowest BCUT2D eigenvalue weighted by Gasteiger charge is -2.37. The lowest BCUT2D eigenvalue weighted by molar-refractivity contribution is -0.133. The Bertz CT molecular complexity index is 2690. The fourth-order valence-electron chi connectivity index (χ4n) is 7.59. The van der Waals surface area contributed by atoms with Crippen LogP contribution in [-0.2, 0) is 23.7 Å². The summed E-state index contributed by atoms with van der Waals surface area (Å²) in [6.07, 6.45) is 5.47.